The minimum absolute atomic E-state index is 0.0424. The van der Waals surface area contributed by atoms with E-state index in [0.29, 0.717) is 14.9 Å². The molecule has 0 radical (unpaired) electrons. The van der Waals surface area contributed by atoms with Crippen LogP contribution >= 0.6 is 0 Å². The number of imide groups is 3. The fraction of sp³-hybridized carbons (Fsp3) is 0.333. The normalized spacial score (nSPS) is 23.0. The Hall–Kier alpha value is -2.84. The molecule has 9 nitrogen and oxygen atoms in total. The number of carbonyl (C=O) groups is 6. The summed E-state index contributed by atoms with van der Waals surface area (Å²) in [4.78, 5) is 71.2. The van der Waals surface area contributed by atoms with Crippen LogP contribution in [-0.2, 0) is 28.8 Å². The van der Waals surface area contributed by atoms with E-state index in [1.807, 2.05) is 0 Å². The lowest BCUT2D eigenvalue weighted by atomic mass is 10.4. The van der Waals surface area contributed by atoms with E-state index in [1.165, 1.54) is 0 Å². The van der Waals surface area contributed by atoms with Gasteiger partial charge in [0.2, 0.25) is 23.6 Å². The molecule has 0 spiro atoms. The Morgan fingerprint density at radius 3 is 1.67 bits per heavy atom. The van der Waals surface area contributed by atoms with E-state index in [4.69, 9.17) is 0 Å². The van der Waals surface area contributed by atoms with Gasteiger partial charge < -0.3 is 0 Å². The van der Waals surface area contributed by atoms with Crippen LogP contribution in [0.5, 0.6) is 0 Å². The van der Waals surface area contributed by atoms with E-state index in [0.717, 1.165) is 6.08 Å². The van der Waals surface area contributed by atoms with Crippen molar-refractivity contribution < 1.29 is 28.8 Å². The van der Waals surface area contributed by atoms with E-state index < -0.39 is 41.1 Å². The third kappa shape index (κ3) is 1.77. The smallest absolute Gasteiger partial charge is 0.274 e. The summed E-state index contributed by atoms with van der Waals surface area (Å²) in [7, 11) is 0. The average Bonchev–Trinajstić information content (AvgIpc) is 3.01. The lowest BCUT2D eigenvalue weighted by Crippen LogP contribution is -2.50. The number of hydrogen-bond acceptors (Lipinski definition) is 6. The number of carbonyl (C=O) groups excluding carboxylic acids is 6. The first-order valence-corrected chi connectivity index (χ1v) is 6.23. The number of nitrogens with zero attached hydrogens (tertiary/aromatic N) is 3. The third-order valence-corrected chi connectivity index (χ3v) is 3.40. The van der Waals surface area contributed by atoms with Crippen molar-refractivity contribution in [2.75, 3.05) is 0 Å². The molecule has 6 amide bonds. The van der Waals surface area contributed by atoms with Gasteiger partial charge in [-0.2, -0.15) is 10.0 Å². The van der Waals surface area contributed by atoms with Crippen molar-refractivity contribution in [2.45, 2.75) is 25.7 Å². The molecule has 2 fully saturated rings. The first kappa shape index (κ1) is 13.2. The molecule has 9 heteroatoms. The summed E-state index contributed by atoms with van der Waals surface area (Å²) < 4.78 is 0. The predicted octanol–water partition coefficient (Wildman–Crippen LogP) is -1.55. The molecular formula is C12H9N3O6. The summed E-state index contributed by atoms with van der Waals surface area (Å²) in [5.74, 6) is -4.47. The van der Waals surface area contributed by atoms with Crippen LogP contribution in [0, 0.1) is 0 Å². The fourth-order valence-corrected chi connectivity index (χ4v) is 2.43. The van der Waals surface area contributed by atoms with Crippen molar-refractivity contribution in [1.82, 2.24) is 14.9 Å². The molecule has 3 aliphatic heterocycles. The highest BCUT2D eigenvalue weighted by atomic mass is 16.2. The average molecular weight is 291 g/mol. The molecule has 2 saturated heterocycles. The summed E-state index contributed by atoms with van der Waals surface area (Å²) >= 11 is 0. The molecule has 0 aromatic carbocycles. The minimum atomic E-state index is -1.02. The lowest BCUT2D eigenvalue weighted by Gasteiger charge is -2.24. The zero-order valence-corrected chi connectivity index (χ0v) is 10.7. The Morgan fingerprint density at radius 1 is 0.667 bits per heavy atom. The van der Waals surface area contributed by atoms with Crippen LogP contribution in [-0.4, -0.2) is 50.4 Å². The molecule has 0 bridgehead atoms. The van der Waals surface area contributed by atoms with Crippen LogP contribution in [0.1, 0.15) is 25.7 Å². The van der Waals surface area contributed by atoms with Crippen molar-refractivity contribution in [2.24, 2.45) is 0 Å². The minimum Gasteiger partial charge on any atom is -0.274 e. The second-order valence-corrected chi connectivity index (χ2v) is 4.71. The molecule has 3 aliphatic rings. The molecule has 0 aliphatic carbocycles. The molecule has 0 saturated carbocycles. The van der Waals surface area contributed by atoms with Gasteiger partial charge in [0.05, 0.1) is 0 Å². The Kier molecular flexibility index (Phi) is 2.71. The van der Waals surface area contributed by atoms with E-state index in [1.54, 1.807) is 0 Å². The van der Waals surface area contributed by atoms with Gasteiger partial charge in [-0.15, -0.1) is 0 Å². The van der Waals surface area contributed by atoms with Gasteiger partial charge in [0.15, 0.2) is 0 Å². The summed E-state index contributed by atoms with van der Waals surface area (Å²) in [6.07, 6.45) is 0.528. The molecule has 0 unspecified atom stereocenters. The van der Waals surface area contributed by atoms with Crippen LogP contribution in [0.25, 0.3) is 0 Å². The van der Waals surface area contributed by atoms with E-state index in [9.17, 15) is 28.8 Å². The molecule has 0 aromatic rings. The quantitative estimate of drug-likeness (QED) is 0.569. The first-order chi connectivity index (χ1) is 9.91. The Bertz CT molecular complexity index is 632. The SMILES string of the molecule is O=C1CCC(=O)N1C1=CC(=O)N(N2C(=O)CCC2=O)C1=O. The standard InChI is InChI=1S/C12H9N3O6/c16-7-1-2-8(17)13(7)6-5-11(20)15(12(6)21)14-9(18)3-4-10(14)19/h5H,1-4H2. The van der Waals surface area contributed by atoms with Crippen molar-refractivity contribution >= 4 is 35.4 Å². The zero-order valence-electron chi connectivity index (χ0n) is 10.7. The number of rotatable bonds is 2. The Balaban J connectivity index is 1.93. The largest absolute Gasteiger partial charge is 0.297 e. The molecule has 108 valence electrons. The number of hydrogen-bond donors (Lipinski definition) is 0. The van der Waals surface area contributed by atoms with Crippen molar-refractivity contribution in [3.8, 4) is 0 Å². The highest BCUT2D eigenvalue weighted by Gasteiger charge is 2.48. The summed E-state index contributed by atoms with van der Waals surface area (Å²) in [6, 6.07) is 0. The lowest BCUT2D eigenvalue weighted by molar-refractivity contribution is -0.171. The number of amides is 6. The van der Waals surface area contributed by atoms with Gasteiger partial charge in [0, 0.05) is 31.8 Å². The topological polar surface area (TPSA) is 112 Å². The summed E-state index contributed by atoms with van der Waals surface area (Å²) in [5, 5.41) is 0.852. The second kappa shape index (κ2) is 4.33. The second-order valence-electron chi connectivity index (χ2n) is 4.71. The van der Waals surface area contributed by atoms with E-state index in [2.05, 4.69) is 0 Å². The van der Waals surface area contributed by atoms with Crippen LogP contribution in [0.3, 0.4) is 0 Å². The summed E-state index contributed by atoms with van der Waals surface area (Å²) in [6.45, 7) is 0. The maximum atomic E-state index is 12.2. The highest BCUT2D eigenvalue weighted by Crippen LogP contribution is 2.27. The molecule has 0 N–H and O–H groups in total. The van der Waals surface area contributed by atoms with Gasteiger partial charge in [-0.3, -0.25) is 28.8 Å². The molecule has 21 heavy (non-hydrogen) atoms. The van der Waals surface area contributed by atoms with Gasteiger partial charge >= 0.3 is 0 Å². The van der Waals surface area contributed by atoms with E-state index in [-0.39, 0.29) is 25.7 Å². The number of hydrazine groups is 1. The van der Waals surface area contributed by atoms with Crippen molar-refractivity contribution in [3.05, 3.63) is 11.8 Å². The van der Waals surface area contributed by atoms with Crippen LogP contribution < -0.4 is 0 Å². The Morgan fingerprint density at radius 2 is 1.14 bits per heavy atom. The monoisotopic (exact) mass is 291 g/mol. The van der Waals surface area contributed by atoms with Crippen molar-refractivity contribution in [3.63, 3.8) is 0 Å². The maximum Gasteiger partial charge on any atom is 0.297 e. The Labute approximate surface area is 117 Å². The third-order valence-electron chi connectivity index (χ3n) is 3.40. The van der Waals surface area contributed by atoms with E-state index >= 15 is 0 Å². The van der Waals surface area contributed by atoms with Crippen molar-refractivity contribution in [1.29, 1.82) is 0 Å². The first-order valence-electron chi connectivity index (χ1n) is 6.23. The molecule has 0 aromatic heterocycles. The maximum absolute atomic E-state index is 12.2. The predicted molar refractivity (Wildman–Crippen MR) is 62.1 cm³/mol. The molecule has 3 rings (SSSR count). The van der Waals surface area contributed by atoms with Gasteiger partial charge in [0.25, 0.3) is 11.8 Å². The number of likely N-dealkylation sites (tertiary alicyclic amines) is 1. The fourth-order valence-electron chi connectivity index (χ4n) is 2.43. The molecular weight excluding hydrogens is 282 g/mol. The molecule has 3 heterocycles. The van der Waals surface area contributed by atoms with Gasteiger partial charge in [0.1, 0.15) is 5.70 Å². The molecule has 0 atom stereocenters. The zero-order chi connectivity index (χ0) is 15.3. The highest BCUT2D eigenvalue weighted by molar-refractivity contribution is 6.22. The van der Waals surface area contributed by atoms with Crippen LogP contribution in [0.2, 0.25) is 0 Å². The van der Waals surface area contributed by atoms with Crippen LogP contribution in [0.4, 0.5) is 0 Å². The van der Waals surface area contributed by atoms with Crippen LogP contribution in [0.15, 0.2) is 11.8 Å². The van der Waals surface area contributed by atoms with Gasteiger partial charge in [-0.05, 0) is 0 Å². The van der Waals surface area contributed by atoms with Gasteiger partial charge in [-0.25, -0.2) is 4.90 Å². The summed E-state index contributed by atoms with van der Waals surface area (Å²) in [5.41, 5.74) is -0.417. The van der Waals surface area contributed by atoms with Gasteiger partial charge in [-0.1, -0.05) is 0 Å².